The number of allylic oxidation sites excluding steroid dienone is 3. The molecular weight excluding hydrogens is 148 g/mol. The molecule has 0 amide bonds. The van der Waals surface area contributed by atoms with Crippen LogP contribution >= 0.6 is 0 Å². The molecule has 2 bridgehead atoms. The van der Waals surface area contributed by atoms with Gasteiger partial charge in [-0.3, -0.25) is 0 Å². The Kier molecular flexibility index (Phi) is 1.18. The smallest absolute Gasteiger partial charge is 0.123 e. The van der Waals surface area contributed by atoms with E-state index in [0.717, 1.165) is 23.8 Å². The quantitative estimate of drug-likeness (QED) is 0.391. The Bertz CT molecular complexity index is 296. The van der Waals surface area contributed by atoms with Gasteiger partial charge in [0.2, 0.25) is 0 Å². The normalized spacial score (nSPS) is 48.2. The van der Waals surface area contributed by atoms with Gasteiger partial charge in [0.1, 0.15) is 5.94 Å². The highest BCUT2D eigenvalue weighted by molar-refractivity contribution is 5.56. The van der Waals surface area contributed by atoms with Gasteiger partial charge < -0.3 is 0 Å². The maximum atomic E-state index is 10.6. The van der Waals surface area contributed by atoms with Crippen LogP contribution in [0.4, 0.5) is 0 Å². The topological polar surface area (TPSA) is 17.1 Å². The van der Waals surface area contributed by atoms with Crippen LogP contribution in [0, 0.1) is 23.7 Å². The Morgan fingerprint density at radius 2 is 2.42 bits per heavy atom. The summed E-state index contributed by atoms with van der Waals surface area (Å²) in [5.41, 5.74) is 1.08. The van der Waals surface area contributed by atoms with Gasteiger partial charge >= 0.3 is 0 Å². The maximum absolute atomic E-state index is 10.6. The van der Waals surface area contributed by atoms with E-state index in [1.54, 1.807) is 0 Å². The Morgan fingerprint density at radius 1 is 1.50 bits per heavy atom. The largest absolute Gasteiger partial charge is 0.234 e. The van der Waals surface area contributed by atoms with Gasteiger partial charge in [0, 0.05) is 5.57 Å². The fourth-order valence-electron chi connectivity index (χ4n) is 3.45. The minimum absolute atomic E-state index is 0.580. The van der Waals surface area contributed by atoms with Crippen molar-refractivity contribution in [2.45, 2.75) is 19.3 Å². The molecule has 0 heterocycles. The van der Waals surface area contributed by atoms with Gasteiger partial charge in [0.15, 0.2) is 0 Å². The molecule has 1 heteroatoms. The van der Waals surface area contributed by atoms with Crippen molar-refractivity contribution >= 4 is 5.94 Å². The predicted octanol–water partition coefficient (Wildman–Crippen LogP) is 1.98. The second kappa shape index (κ2) is 2.11. The van der Waals surface area contributed by atoms with Gasteiger partial charge in [0.05, 0.1) is 0 Å². The number of fused-ring (bicyclic) bond motifs is 5. The summed E-state index contributed by atoms with van der Waals surface area (Å²) in [6, 6.07) is 0. The molecule has 0 aromatic carbocycles. The van der Waals surface area contributed by atoms with Crippen LogP contribution in [-0.2, 0) is 4.79 Å². The first-order valence-electron chi connectivity index (χ1n) is 4.80. The molecule has 4 atom stereocenters. The molecule has 0 radical (unpaired) electrons. The monoisotopic (exact) mass is 160 g/mol. The summed E-state index contributed by atoms with van der Waals surface area (Å²) in [5.74, 6) is 5.12. The van der Waals surface area contributed by atoms with Crippen LogP contribution in [-0.4, -0.2) is 5.94 Å². The van der Waals surface area contributed by atoms with Crippen LogP contribution in [0.5, 0.6) is 0 Å². The molecule has 2 fully saturated rings. The molecule has 0 aliphatic heterocycles. The van der Waals surface area contributed by atoms with E-state index in [2.05, 4.69) is 18.1 Å². The summed E-state index contributed by atoms with van der Waals surface area (Å²) < 4.78 is 0. The van der Waals surface area contributed by atoms with Gasteiger partial charge in [-0.2, -0.15) is 0 Å². The third-order valence-corrected chi connectivity index (χ3v) is 3.95. The first-order chi connectivity index (χ1) is 5.90. The van der Waals surface area contributed by atoms with E-state index in [1.165, 1.54) is 12.8 Å². The summed E-state index contributed by atoms with van der Waals surface area (Å²) in [7, 11) is 0. The van der Waals surface area contributed by atoms with E-state index >= 15 is 0 Å². The molecule has 1 nitrogen and oxygen atoms in total. The van der Waals surface area contributed by atoms with Crippen LogP contribution in [0.15, 0.2) is 17.7 Å². The van der Waals surface area contributed by atoms with Gasteiger partial charge in [0.25, 0.3) is 0 Å². The minimum Gasteiger partial charge on any atom is -0.234 e. The van der Waals surface area contributed by atoms with Crippen molar-refractivity contribution in [3.8, 4) is 0 Å². The first-order valence-corrected chi connectivity index (χ1v) is 4.80. The van der Waals surface area contributed by atoms with E-state index in [-0.39, 0.29) is 0 Å². The summed E-state index contributed by atoms with van der Waals surface area (Å²) in [5, 5.41) is 0. The van der Waals surface area contributed by atoms with Crippen molar-refractivity contribution in [1.82, 2.24) is 0 Å². The lowest BCUT2D eigenvalue weighted by atomic mass is 9.79. The molecule has 0 aromatic heterocycles. The van der Waals surface area contributed by atoms with E-state index in [0.29, 0.717) is 11.8 Å². The highest BCUT2D eigenvalue weighted by Crippen LogP contribution is 2.57. The van der Waals surface area contributed by atoms with Crippen LogP contribution in [0.1, 0.15) is 19.3 Å². The Labute approximate surface area is 72.2 Å². The van der Waals surface area contributed by atoms with Crippen LogP contribution in [0.3, 0.4) is 0 Å². The zero-order chi connectivity index (χ0) is 8.13. The van der Waals surface area contributed by atoms with Gasteiger partial charge in [-0.25, -0.2) is 4.79 Å². The molecule has 3 aliphatic carbocycles. The highest BCUT2D eigenvalue weighted by atomic mass is 16.1. The van der Waals surface area contributed by atoms with Crippen molar-refractivity contribution in [2.24, 2.45) is 23.7 Å². The third kappa shape index (κ3) is 0.634. The molecule has 62 valence electrons. The highest BCUT2D eigenvalue weighted by Gasteiger charge is 2.50. The SMILES string of the molecule is O=C=C1CC2CC1C1C=CCC21. The molecule has 4 unspecified atom stereocenters. The Hall–Kier alpha value is -0.810. The van der Waals surface area contributed by atoms with Gasteiger partial charge in [-0.1, -0.05) is 12.2 Å². The summed E-state index contributed by atoms with van der Waals surface area (Å²) >= 11 is 0. The lowest BCUT2D eigenvalue weighted by Crippen LogP contribution is -2.18. The zero-order valence-corrected chi connectivity index (χ0v) is 6.99. The molecule has 3 rings (SSSR count). The fraction of sp³-hybridized carbons (Fsp3) is 0.636. The van der Waals surface area contributed by atoms with Crippen LogP contribution < -0.4 is 0 Å². The standard InChI is InChI=1S/C11H12O/c12-6-8-4-7-5-11(8)10-3-1-2-9(7)10/h1,3,7,9-11H,2,4-5H2. The molecular formula is C11H12O. The van der Waals surface area contributed by atoms with Crippen molar-refractivity contribution in [1.29, 1.82) is 0 Å². The van der Waals surface area contributed by atoms with Crippen molar-refractivity contribution in [3.63, 3.8) is 0 Å². The first kappa shape index (κ1) is 6.68. The maximum Gasteiger partial charge on any atom is 0.123 e. The van der Waals surface area contributed by atoms with E-state index < -0.39 is 0 Å². The lowest BCUT2D eigenvalue weighted by Gasteiger charge is -2.24. The Morgan fingerprint density at radius 3 is 3.25 bits per heavy atom. The van der Waals surface area contributed by atoms with E-state index in [1.807, 2.05) is 0 Å². The number of rotatable bonds is 0. The zero-order valence-electron chi connectivity index (χ0n) is 6.99. The van der Waals surface area contributed by atoms with E-state index in [9.17, 15) is 4.79 Å². The fourth-order valence-corrected chi connectivity index (χ4v) is 3.45. The number of hydrogen-bond donors (Lipinski definition) is 0. The molecule has 0 spiro atoms. The Balaban J connectivity index is 2.01. The molecule has 0 N–H and O–H groups in total. The van der Waals surface area contributed by atoms with Crippen LogP contribution in [0.2, 0.25) is 0 Å². The van der Waals surface area contributed by atoms with Crippen molar-refractivity contribution in [2.75, 3.05) is 0 Å². The summed E-state index contributed by atoms with van der Waals surface area (Å²) in [6.07, 6.45) is 8.20. The lowest BCUT2D eigenvalue weighted by molar-refractivity contribution is 0.330. The number of hydrogen-bond acceptors (Lipinski definition) is 1. The average Bonchev–Trinajstić information content (AvgIpc) is 2.75. The molecule has 0 saturated heterocycles. The molecule has 3 aliphatic rings. The van der Waals surface area contributed by atoms with Gasteiger partial charge in [-0.15, -0.1) is 0 Å². The van der Waals surface area contributed by atoms with Crippen molar-refractivity contribution in [3.05, 3.63) is 17.7 Å². The second-order valence-electron chi connectivity index (χ2n) is 4.34. The summed E-state index contributed by atoms with van der Waals surface area (Å²) in [6.45, 7) is 0. The van der Waals surface area contributed by atoms with E-state index in [4.69, 9.17) is 0 Å². The molecule has 2 saturated carbocycles. The summed E-state index contributed by atoms with van der Waals surface area (Å²) in [4.78, 5) is 10.6. The minimum atomic E-state index is 0.580. The molecule has 12 heavy (non-hydrogen) atoms. The van der Waals surface area contributed by atoms with Gasteiger partial charge in [-0.05, 0) is 42.9 Å². The second-order valence-corrected chi connectivity index (χ2v) is 4.34. The average molecular weight is 160 g/mol. The van der Waals surface area contributed by atoms with Crippen LogP contribution in [0.25, 0.3) is 0 Å². The predicted molar refractivity (Wildman–Crippen MR) is 46.2 cm³/mol. The number of carbonyl (C=O) groups excluding carboxylic acids is 1. The molecule has 0 aromatic rings. The third-order valence-electron chi connectivity index (χ3n) is 3.95. The van der Waals surface area contributed by atoms with Crippen molar-refractivity contribution < 1.29 is 4.79 Å².